The van der Waals surface area contributed by atoms with E-state index < -0.39 is 0 Å². The van der Waals surface area contributed by atoms with Gasteiger partial charge in [0.05, 0.1) is 6.61 Å². The summed E-state index contributed by atoms with van der Waals surface area (Å²) in [4.78, 5) is 2.48. The average molecular weight is 263 g/mol. The molecular weight excluding hydrogens is 238 g/mol. The predicted octanol–water partition coefficient (Wildman–Crippen LogP) is 3.55. The molecule has 1 aromatic rings. The number of ether oxygens (including phenoxy) is 1. The van der Waals surface area contributed by atoms with Crippen molar-refractivity contribution in [2.24, 2.45) is 0 Å². The van der Waals surface area contributed by atoms with Gasteiger partial charge in [0.15, 0.2) is 11.5 Å². The van der Waals surface area contributed by atoms with Crippen LogP contribution in [0, 0.1) is 0 Å². The van der Waals surface area contributed by atoms with Gasteiger partial charge < -0.3 is 9.84 Å². The summed E-state index contributed by atoms with van der Waals surface area (Å²) in [6.07, 6.45) is 3.80. The fourth-order valence-corrected chi connectivity index (χ4v) is 2.95. The molecule has 0 spiro atoms. The van der Waals surface area contributed by atoms with Gasteiger partial charge in [-0.2, -0.15) is 0 Å². The zero-order valence-corrected chi connectivity index (χ0v) is 12.2. The average Bonchev–Trinajstić information content (AvgIpc) is 2.38. The van der Waals surface area contributed by atoms with Gasteiger partial charge in [-0.25, -0.2) is 0 Å². The van der Waals surface area contributed by atoms with Crippen molar-refractivity contribution in [1.29, 1.82) is 0 Å². The van der Waals surface area contributed by atoms with Gasteiger partial charge >= 0.3 is 0 Å². The number of benzene rings is 1. The number of nitrogens with zero attached hydrogens (tertiary/aromatic N) is 1. The molecule has 1 aromatic carbocycles. The molecule has 3 heteroatoms. The van der Waals surface area contributed by atoms with E-state index in [-0.39, 0.29) is 0 Å². The number of aromatic hydroxyl groups is 1. The first-order valence-corrected chi connectivity index (χ1v) is 7.32. The van der Waals surface area contributed by atoms with E-state index in [1.54, 1.807) is 0 Å². The molecule has 1 N–H and O–H groups in total. The van der Waals surface area contributed by atoms with E-state index in [0.29, 0.717) is 30.2 Å². The molecule has 1 heterocycles. The fourth-order valence-electron chi connectivity index (χ4n) is 2.95. The van der Waals surface area contributed by atoms with Crippen LogP contribution < -0.4 is 4.74 Å². The lowest BCUT2D eigenvalue weighted by Crippen LogP contribution is -2.42. The van der Waals surface area contributed by atoms with E-state index >= 15 is 0 Å². The zero-order valence-electron chi connectivity index (χ0n) is 12.2. The highest BCUT2D eigenvalue weighted by Gasteiger charge is 2.25. The van der Waals surface area contributed by atoms with Crippen molar-refractivity contribution in [3.05, 3.63) is 23.8 Å². The Kier molecular flexibility index (Phi) is 4.70. The standard InChI is InChI=1S/C16H25NO2/c1-4-19-15-10-6-9-14(16(15)18)11-17-12(2)7-5-8-13(17)3/h6,9-10,12-13,18H,4-5,7-8,11H2,1-3H3. The predicted molar refractivity (Wildman–Crippen MR) is 77.6 cm³/mol. The Hall–Kier alpha value is -1.22. The molecule has 0 amide bonds. The van der Waals surface area contributed by atoms with Crippen molar-refractivity contribution in [2.45, 2.75) is 58.7 Å². The molecule has 3 nitrogen and oxygen atoms in total. The van der Waals surface area contributed by atoms with Crippen LogP contribution in [0.5, 0.6) is 11.5 Å². The molecule has 106 valence electrons. The maximum Gasteiger partial charge on any atom is 0.162 e. The minimum absolute atomic E-state index is 0.300. The molecule has 1 aliphatic rings. The van der Waals surface area contributed by atoms with E-state index in [9.17, 15) is 5.11 Å². The number of hydrogen-bond acceptors (Lipinski definition) is 3. The lowest BCUT2D eigenvalue weighted by molar-refractivity contribution is 0.0941. The number of rotatable bonds is 4. The van der Waals surface area contributed by atoms with E-state index in [2.05, 4.69) is 18.7 Å². The first-order chi connectivity index (χ1) is 9.13. The first kappa shape index (κ1) is 14.2. The van der Waals surface area contributed by atoms with Crippen molar-refractivity contribution in [3.63, 3.8) is 0 Å². The second kappa shape index (κ2) is 6.29. The van der Waals surface area contributed by atoms with Crippen LogP contribution in [0.1, 0.15) is 45.6 Å². The summed E-state index contributed by atoms with van der Waals surface area (Å²) >= 11 is 0. The topological polar surface area (TPSA) is 32.7 Å². The highest BCUT2D eigenvalue weighted by Crippen LogP contribution is 2.33. The van der Waals surface area contributed by atoms with E-state index in [1.165, 1.54) is 19.3 Å². The lowest BCUT2D eigenvalue weighted by atomic mass is 9.96. The summed E-state index contributed by atoms with van der Waals surface area (Å²) in [5.41, 5.74) is 0.964. The van der Waals surface area contributed by atoms with Crippen molar-refractivity contribution >= 4 is 0 Å². The summed E-state index contributed by atoms with van der Waals surface area (Å²) in [6.45, 7) is 7.86. The maximum absolute atomic E-state index is 10.3. The Balaban J connectivity index is 2.15. The molecule has 0 bridgehead atoms. The Morgan fingerprint density at radius 2 is 1.95 bits per heavy atom. The molecule has 1 fully saturated rings. The Morgan fingerprint density at radius 1 is 1.26 bits per heavy atom. The van der Waals surface area contributed by atoms with Gasteiger partial charge in [-0.05, 0) is 39.7 Å². The number of phenolic OH excluding ortho intramolecular Hbond substituents is 1. The molecule has 19 heavy (non-hydrogen) atoms. The van der Waals surface area contributed by atoms with Gasteiger partial charge in [0.25, 0.3) is 0 Å². The van der Waals surface area contributed by atoms with Crippen LogP contribution >= 0.6 is 0 Å². The van der Waals surface area contributed by atoms with Crippen molar-refractivity contribution in [1.82, 2.24) is 4.90 Å². The van der Waals surface area contributed by atoms with Crippen molar-refractivity contribution < 1.29 is 9.84 Å². The minimum atomic E-state index is 0.300. The van der Waals surface area contributed by atoms with Crippen LogP contribution in [0.25, 0.3) is 0 Å². The van der Waals surface area contributed by atoms with E-state index in [1.807, 2.05) is 25.1 Å². The maximum atomic E-state index is 10.3. The number of hydrogen-bond donors (Lipinski definition) is 1. The highest BCUT2D eigenvalue weighted by atomic mass is 16.5. The molecular formula is C16H25NO2. The van der Waals surface area contributed by atoms with Gasteiger partial charge in [-0.3, -0.25) is 4.90 Å². The van der Waals surface area contributed by atoms with Crippen LogP contribution in [0.3, 0.4) is 0 Å². The van der Waals surface area contributed by atoms with Crippen molar-refractivity contribution in [2.75, 3.05) is 6.61 Å². The lowest BCUT2D eigenvalue weighted by Gasteiger charge is -2.39. The molecule has 2 rings (SSSR count). The smallest absolute Gasteiger partial charge is 0.162 e. The van der Waals surface area contributed by atoms with Crippen molar-refractivity contribution in [3.8, 4) is 11.5 Å². The van der Waals surface area contributed by atoms with Crippen LogP contribution in [0.4, 0.5) is 0 Å². The number of likely N-dealkylation sites (tertiary alicyclic amines) is 1. The summed E-state index contributed by atoms with van der Waals surface area (Å²) in [5, 5.41) is 10.3. The van der Waals surface area contributed by atoms with Gasteiger partial charge in [0.1, 0.15) is 0 Å². The molecule has 0 aromatic heterocycles. The second-order valence-corrected chi connectivity index (χ2v) is 5.50. The minimum Gasteiger partial charge on any atom is -0.504 e. The summed E-state index contributed by atoms with van der Waals surface area (Å²) in [7, 11) is 0. The van der Waals surface area contributed by atoms with Gasteiger partial charge in [-0.15, -0.1) is 0 Å². The number of piperidine rings is 1. The number of para-hydroxylation sites is 1. The molecule has 0 saturated carbocycles. The summed E-state index contributed by atoms with van der Waals surface area (Å²) in [6, 6.07) is 6.94. The molecule has 2 atom stereocenters. The third-order valence-electron chi connectivity index (χ3n) is 4.11. The van der Waals surface area contributed by atoms with Crippen LogP contribution in [0.15, 0.2) is 18.2 Å². The third-order valence-corrected chi connectivity index (χ3v) is 4.11. The quantitative estimate of drug-likeness (QED) is 0.901. The molecule has 0 aliphatic carbocycles. The fraction of sp³-hybridized carbons (Fsp3) is 0.625. The van der Waals surface area contributed by atoms with Crippen LogP contribution in [-0.4, -0.2) is 28.7 Å². The Bertz CT molecular complexity index is 409. The molecule has 1 aliphatic heterocycles. The van der Waals surface area contributed by atoms with Gasteiger partial charge in [0, 0.05) is 24.2 Å². The normalized spacial score (nSPS) is 24.4. The SMILES string of the molecule is CCOc1cccc(CN2C(C)CCCC2C)c1O. The van der Waals surface area contributed by atoms with Gasteiger partial charge in [0.2, 0.25) is 0 Å². The Labute approximate surface area is 116 Å². The van der Waals surface area contributed by atoms with E-state index in [0.717, 1.165) is 12.1 Å². The monoisotopic (exact) mass is 263 g/mol. The number of phenols is 1. The summed E-state index contributed by atoms with van der Waals surface area (Å²) in [5.74, 6) is 0.895. The first-order valence-electron chi connectivity index (χ1n) is 7.32. The Morgan fingerprint density at radius 3 is 2.58 bits per heavy atom. The van der Waals surface area contributed by atoms with E-state index in [4.69, 9.17) is 4.74 Å². The molecule has 0 radical (unpaired) electrons. The third kappa shape index (κ3) is 3.21. The molecule has 2 unspecified atom stereocenters. The largest absolute Gasteiger partial charge is 0.504 e. The van der Waals surface area contributed by atoms with Gasteiger partial charge in [-0.1, -0.05) is 18.6 Å². The molecule has 1 saturated heterocycles. The zero-order chi connectivity index (χ0) is 13.8. The second-order valence-electron chi connectivity index (χ2n) is 5.50. The summed E-state index contributed by atoms with van der Waals surface area (Å²) < 4.78 is 5.45. The highest BCUT2D eigenvalue weighted by molar-refractivity contribution is 5.45. The van der Waals surface area contributed by atoms with Crippen LogP contribution in [0.2, 0.25) is 0 Å². The van der Waals surface area contributed by atoms with Crippen LogP contribution in [-0.2, 0) is 6.54 Å².